The SMILES string of the molecule is CCC(C(=O)C1C=CC=C1)=C(SC)SC. The second-order valence-corrected chi connectivity index (χ2v) is 5.08. The van der Waals surface area contributed by atoms with Crippen LogP contribution in [0.5, 0.6) is 0 Å². The van der Waals surface area contributed by atoms with Crippen molar-refractivity contribution in [2.45, 2.75) is 13.3 Å². The van der Waals surface area contributed by atoms with Crippen molar-refractivity contribution in [2.75, 3.05) is 12.5 Å². The number of carbonyl (C=O) groups is 1. The third-order valence-electron chi connectivity index (χ3n) is 2.32. The Morgan fingerprint density at radius 2 is 1.73 bits per heavy atom. The van der Waals surface area contributed by atoms with Gasteiger partial charge < -0.3 is 0 Å². The second-order valence-electron chi connectivity index (χ2n) is 3.19. The van der Waals surface area contributed by atoms with Crippen LogP contribution in [-0.2, 0) is 4.79 Å². The van der Waals surface area contributed by atoms with Crippen molar-refractivity contribution < 1.29 is 4.79 Å². The number of Topliss-reactive ketones (excluding diaryl/α,β-unsaturated/α-hetero) is 1. The lowest BCUT2D eigenvalue weighted by Crippen LogP contribution is -2.12. The first-order valence-corrected chi connectivity index (χ1v) is 7.39. The molecule has 0 aromatic heterocycles. The van der Waals surface area contributed by atoms with Crippen molar-refractivity contribution in [2.24, 2.45) is 5.92 Å². The van der Waals surface area contributed by atoms with Crippen LogP contribution < -0.4 is 0 Å². The van der Waals surface area contributed by atoms with Crippen LogP contribution in [0.1, 0.15) is 13.3 Å². The van der Waals surface area contributed by atoms with Crippen molar-refractivity contribution in [1.82, 2.24) is 0 Å². The number of thioether (sulfide) groups is 2. The van der Waals surface area contributed by atoms with E-state index in [2.05, 4.69) is 0 Å². The number of allylic oxidation sites excluding steroid dienone is 5. The Morgan fingerprint density at radius 3 is 2.13 bits per heavy atom. The van der Waals surface area contributed by atoms with Gasteiger partial charge in [-0.05, 0) is 18.9 Å². The van der Waals surface area contributed by atoms with Gasteiger partial charge >= 0.3 is 0 Å². The smallest absolute Gasteiger partial charge is 0.171 e. The molecule has 0 atom stereocenters. The molecule has 0 unspecified atom stereocenters. The van der Waals surface area contributed by atoms with E-state index in [4.69, 9.17) is 0 Å². The van der Waals surface area contributed by atoms with E-state index in [9.17, 15) is 4.79 Å². The average Bonchev–Trinajstić information content (AvgIpc) is 2.78. The fraction of sp³-hybridized carbons (Fsp3) is 0.417. The fourth-order valence-corrected chi connectivity index (χ4v) is 3.21. The molecule has 0 spiro atoms. The molecule has 0 radical (unpaired) electrons. The Labute approximate surface area is 100 Å². The molecule has 1 rings (SSSR count). The largest absolute Gasteiger partial charge is 0.293 e. The molecule has 1 nitrogen and oxygen atoms in total. The second kappa shape index (κ2) is 6.23. The van der Waals surface area contributed by atoms with Gasteiger partial charge in [-0.2, -0.15) is 0 Å². The fourth-order valence-electron chi connectivity index (χ4n) is 1.56. The number of ketones is 1. The summed E-state index contributed by atoms with van der Waals surface area (Å²) in [5, 5.41) is 0. The minimum atomic E-state index is -0.0331. The summed E-state index contributed by atoms with van der Waals surface area (Å²) in [4.78, 5) is 12.1. The van der Waals surface area contributed by atoms with Gasteiger partial charge in [-0.15, -0.1) is 23.5 Å². The first-order valence-electron chi connectivity index (χ1n) is 4.94. The van der Waals surface area contributed by atoms with Crippen LogP contribution in [0.25, 0.3) is 0 Å². The minimum absolute atomic E-state index is 0.0331. The van der Waals surface area contributed by atoms with Crippen LogP contribution in [0.4, 0.5) is 0 Å². The lowest BCUT2D eigenvalue weighted by atomic mass is 9.98. The summed E-state index contributed by atoms with van der Waals surface area (Å²) in [7, 11) is 0. The minimum Gasteiger partial charge on any atom is -0.293 e. The maximum Gasteiger partial charge on any atom is 0.171 e. The number of carbonyl (C=O) groups excluding carboxylic acids is 1. The molecule has 3 heteroatoms. The van der Waals surface area contributed by atoms with E-state index < -0.39 is 0 Å². The molecule has 1 aliphatic carbocycles. The monoisotopic (exact) mass is 240 g/mol. The van der Waals surface area contributed by atoms with Crippen LogP contribution in [0, 0.1) is 5.92 Å². The third-order valence-corrected chi connectivity index (χ3v) is 4.55. The molecule has 0 N–H and O–H groups in total. The van der Waals surface area contributed by atoms with Gasteiger partial charge in [0.25, 0.3) is 0 Å². The first kappa shape index (κ1) is 12.7. The first-order chi connectivity index (χ1) is 7.24. The van der Waals surface area contributed by atoms with Gasteiger partial charge in [0, 0.05) is 9.81 Å². The maximum absolute atomic E-state index is 12.1. The van der Waals surface area contributed by atoms with E-state index in [0.717, 1.165) is 16.2 Å². The molecule has 0 fully saturated rings. The lowest BCUT2D eigenvalue weighted by Gasteiger charge is -2.11. The van der Waals surface area contributed by atoms with Gasteiger partial charge in [-0.3, -0.25) is 4.79 Å². The molecular formula is C12H16OS2. The van der Waals surface area contributed by atoms with Gasteiger partial charge in [0.1, 0.15) is 0 Å². The molecule has 0 aliphatic heterocycles. The van der Waals surface area contributed by atoms with E-state index in [1.165, 1.54) is 0 Å². The average molecular weight is 240 g/mol. The van der Waals surface area contributed by atoms with Crippen molar-refractivity contribution >= 4 is 29.3 Å². The Morgan fingerprint density at radius 1 is 1.20 bits per heavy atom. The zero-order valence-electron chi connectivity index (χ0n) is 9.32. The van der Waals surface area contributed by atoms with Crippen molar-refractivity contribution in [1.29, 1.82) is 0 Å². The van der Waals surface area contributed by atoms with E-state index in [-0.39, 0.29) is 11.7 Å². The highest BCUT2D eigenvalue weighted by molar-refractivity contribution is 8.21. The number of hydrogen-bond donors (Lipinski definition) is 0. The van der Waals surface area contributed by atoms with Gasteiger partial charge in [-0.25, -0.2) is 0 Å². The zero-order valence-corrected chi connectivity index (χ0v) is 11.0. The third kappa shape index (κ3) is 3.02. The molecule has 1 aliphatic rings. The van der Waals surface area contributed by atoms with Gasteiger partial charge in [0.15, 0.2) is 5.78 Å². The highest BCUT2D eigenvalue weighted by Gasteiger charge is 2.20. The highest BCUT2D eigenvalue weighted by Crippen LogP contribution is 2.31. The molecule has 0 saturated carbocycles. The predicted octanol–water partition coefficient (Wildman–Crippen LogP) is 3.65. The van der Waals surface area contributed by atoms with Crippen molar-refractivity contribution in [3.8, 4) is 0 Å². The summed E-state index contributed by atoms with van der Waals surface area (Å²) < 4.78 is 1.15. The summed E-state index contributed by atoms with van der Waals surface area (Å²) in [5.41, 5.74) is 0.969. The van der Waals surface area contributed by atoms with Crippen LogP contribution >= 0.6 is 23.5 Å². The van der Waals surface area contributed by atoms with Crippen molar-refractivity contribution in [3.05, 3.63) is 34.1 Å². The van der Waals surface area contributed by atoms with Gasteiger partial charge in [-0.1, -0.05) is 31.2 Å². The number of hydrogen-bond acceptors (Lipinski definition) is 3. The predicted molar refractivity (Wildman–Crippen MR) is 71.1 cm³/mol. The van der Waals surface area contributed by atoms with E-state index in [1.54, 1.807) is 23.5 Å². The molecule has 0 bridgehead atoms. The Kier molecular flexibility index (Phi) is 5.26. The maximum atomic E-state index is 12.1. The Bertz CT molecular complexity index is 309. The molecule has 0 aromatic rings. The molecule has 0 saturated heterocycles. The highest BCUT2D eigenvalue weighted by atomic mass is 32.2. The molecule has 0 amide bonds. The summed E-state index contributed by atoms with van der Waals surface area (Å²) in [6.07, 6.45) is 12.6. The molecular weight excluding hydrogens is 224 g/mol. The summed E-state index contributed by atoms with van der Waals surface area (Å²) in [6, 6.07) is 0. The quantitative estimate of drug-likeness (QED) is 0.683. The van der Waals surface area contributed by atoms with E-state index in [0.29, 0.717) is 0 Å². The molecule has 0 heterocycles. The summed E-state index contributed by atoms with van der Waals surface area (Å²) in [6.45, 7) is 2.04. The zero-order chi connectivity index (χ0) is 11.3. The van der Waals surface area contributed by atoms with E-state index >= 15 is 0 Å². The number of rotatable bonds is 5. The van der Waals surface area contributed by atoms with Gasteiger partial charge in [0.05, 0.1) is 5.92 Å². The molecule has 82 valence electrons. The summed E-state index contributed by atoms with van der Waals surface area (Å²) >= 11 is 3.33. The normalized spacial score (nSPS) is 14.6. The standard InChI is InChI=1S/C12H16OS2/c1-4-10(12(14-2)15-3)11(13)9-7-5-6-8-9/h5-9H,4H2,1-3H3. The summed E-state index contributed by atoms with van der Waals surface area (Å²) in [5.74, 6) is 0.218. The van der Waals surface area contributed by atoms with Crippen molar-refractivity contribution in [3.63, 3.8) is 0 Å². The van der Waals surface area contributed by atoms with Crippen LogP contribution in [0.15, 0.2) is 34.1 Å². The van der Waals surface area contributed by atoms with Crippen LogP contribution in [-0.4, -0.2) is 18.3 Å². The van der Waals surface area contributed by atoms with Crippen LogP contribution in [0.3, 0.4) is 0 Å². The molecule has 15 heavy (non-hydrogen) atoms. The topological polar surface area (TPSA) is 17.1 Å². The molecule has 0 aromatic carbocycles. The van der Waals surface area contributed by atoms with E-state index in [1.807, 2.05) is 43.7 Å². The van der Waals surface area contributed by atoms with Gasteiger partial charge in [0.2, 0.25) is 0 Å². The van der Waals surface area contributed by atoms with Crippen LogP contribution in [0.2, 0.25) is 0 Å². The Balaban J connectivity index is 2.91. The lowest BCUT2D eigenvalue weighted by molar-refractivity contribution is -0.116. The Hall–Kier alpha value is -0.410.